The van der Waals surface area contributed by atoms with E-state index in [-0.39, 0.29) is 11.9 Å². The van der Waals surface area contributed by atoms with Gasteiger partial charge < -0.3 is 14.5 Å². The predicted molar refractivity (Wildman–Crippen MR) is 71.8 cm³/mol. The zero-order chi connectivity index (χ0) is 13.7. The van der Waals surface area contributed by atoms with Gasteiger partial charge in [-0.3, -0.25) is 4.79 Å². The van der Waals surface area contributed by atoms with Crippen molar-refractivity contribution >= 4 is 5.91 Å². The minimum Gasteiger partial charge on any atom is -0.496 e. The van der Waals surface area contributed by atoms with E-state index in [1.165, 1.54) is 0 Å². The molecule has 1 aromatic rings. The molecule has 1 unspecified atom stereocenters. The van der Waals surface area contributed by atoms with Gasteiger partial charge in [-0.15, -0.1) is 0 Å². The first-order valence-corrected chi connectivity index (χ1v) is 6.53. The average Bonchev–Trinajstić information content (AvgIpc) is 2.47. The zero-order valence-electron chi connectivity index (χ0n) is 11.2. The highest BCUT2D eigenvalue weighted by molar-refractivity contribution is 5.97. The van der Waals surface area contributed by atoms with E-state index in [2.05, 4.69) is 0 Å². The molecule has 19 heavy (non-hydrogen) atoms. The molecule has 5 nitrogen and oxygen atoms in total. The van der Waals surface area contributed by atoms with E-state index in [1.807, 2.05) is 17.0 Å². The number of benzene rings is 1. The molecule has 1 fully saturated rings. The van der Waals surface area contributed by atoms with E-state index in [9.17, 15) is 4.79 Å². The molecular weight excluding hydrogens is 244 g/mol. The highest BCUT2D eigenvalue weighted by atomic mass is 16.6. The molecule has 0 bridgehead atoms. The van der Waals surface area contributed by atoms with E-state index >= 15 is 0 Å². The summed E-state index contributed by atoms with van der Waals surface area (Å²) < 4.78 is 5.25. The number of rotatable bonds is 4. The number of amides is 1. The highest BCUT2D eigenvalue weighted by Gasteiger charge is 2.28. The number of hydrogen-bond donors (Lipinski definition) is 1. The van der Waals surface area contributed by atoms with Crippen molar-refractivity contribution in [2.45, 2.75) is 25.3 Å². The number of nitrogens with two attached hydrogens (primary N) is 1. The lowest BCUT2D eigenvalue weighted by Crippen LogP contribution is -2.46. The summed E-state index contributed by atoms with van der Waals surface area (Å²) in [5.41, 5.74) is 0.592. The standard InChI is InChI=1S/C14H20N2O3/c1-18-13-8-3-2-7-12(13)14(17)16-9-5-4-6-11(16)10-19-15/h2-3,7-8,11H,4-6,9-10,15H2,1H3. The van der Waals surface area contributed by atoms with Crippen molar-refractivity contribution < 1.29 is 14.4 Å². The Balaban J connectivity index is 2.21. The molecule has 5 heteroatoms. The predicted octanol–water partition coefficient (Wildman–Crippen LogP) is 1.58. The number of carbonyl (C=O) groups is 1. The van der Waals surface area contributed by atoms with Crippen molar-refractivity contribution in [3.05, 3.63) is 29.8 Å². The summed E-state index contributed by atoms with van der Waals surface area (Å²) in [6.07, 6.45) is 3.05. The van der Waals surface area contributed by atoms with Crippen LogP contribution in [0.15, 0.2) is 24.3 Å². The second-order valence-electron chi connectivity index (χ2n) is 4.68. The van der Waals surface area contributed by atoms with Gasteiger partial charge in [0.1, 0.15) is 5.75 Å². The molecule has 2 N–H and O–H groups in total. The average molecular weight is 264 g/mol. The van der Waals surface area contributed by atoms with Gasteiger partial charge in [-0.05, 0) is 31.4 Å². The van der Waals surface area contributed by atoms with E-state index in [1.54, 1.807) is 19.2 Å². The van der Waals surface area contributed by atoms with Crippen molar-refractivity contribution in [2.75, 3.05) is 20.3 Å². The SMILES string of the molecule is COc1ccccc1C(=O)N1CCCCC1CON. The van der Waals surface area contributed by atoms with E-state index in [0.717, 1.165) is 25.8 Å². The lowest BCUT2D eigenvalue weighted by molar-refractivity contribution is 0.0311. The van der Waals surface area contributed by atoms with Crippen LogP contribution in [0.1, 0.15) is 29.6 Å². The van der Waals surface area contributed by atoms with E-state index in [0.29, 0.717) is 17.9 Å². The van der Waals surface area contributed by atoms with Crippen LogP contribution in [0.3, 0.4) is 0 Å². The Hall–Kier alpha value is -1.59. The van der Waals surface area contributed by atoms with E-state index < -0.39 is 0 Å². The van der Waals surface area contributed by atoms with Gasteiger partial charge >= 0.3 is 0 Å². The van der Waals surface area contributed by atoms with Crippen LogP contribution in [0.4, 0.5) is 0 Å². The number of para-hydroxylation sites is 1. The van der Waals surface area contributed by atoms with E-state index in [4.69, 9.17) is 15.5 Å². The molecule has 104 valence electrons. The van der Waals surface area contributed by atoms with Crippen LogP contribution in [-0.4, -0.2) is 37.1 Å². The first-order chi connectivity index (χ1) is 9.27. The third-order valence-electron chi connectivity index (χ3n) is 3.51. The maximum absolute atomic E-state index is 12.6. The number of methoxy groups -OCH3 is 1. The zero-order valence-corrected chi connectivity index (χ0v) is 11.2. The highest BCUT2D eigenvalue weighted by Crippen LogP contribution is 2.24. The van der Waals surface area contributed by atoms with Crippen LogP contribution >= 0.6 is 0 Å². The number of ether oxygens (including phenoxy) is 1. The van der Waals surface area contributed by atoms with Crippen molar-refractivity contribution in [1.82, 2.24) is 4.90 Å². The maximum atomic E-state index is 12.6. The molecule has 2 rings (SSSR count). The molecule has 0 spiro atoms. The summed E-state index contributed by atoms with van der Waals surface area (Å²) in [6, 6.07) is 7.33. The second-order valence-corrected chi connectivity index (χ2v) is 4.68. The molecule has 0 saturated carbocycles. The summed E-state index contributed by atoms with van der Waals surface area (Å²) in [7, 11) is 1.57. The Kier molecular flexibility index (Phi) is 4.76. The summed E-state index contributed by atoms with van der Waals surface area (Å²) in [6.45, 7) is 1.12. The molecule has 1 aliphatic rings. The largest absolute Gasteiger partial charge is 0.496 e. The molecule has 1 aromatic carbocycles. The monoisotopic (exact) mass is 264 g/mol. The first kappa shape index (κ1) is 13.8. The summed E-state index contributed by atoms with van der Waals surface area (Å²) >= 11 is 0. The topological polar surface area (TPSA) is 64.8 Å². The number of piperidine rings is 1. The molecular formula is C14H20N2O3. The molecule has 1 amide bonds. The Labute approximate surface area is 113 Å². The quantitative estimate of drug-likeness (QED) is 0.839. The molecule has 0 radical (unpaired) electrons. The summed E-state index contributed by atoms with van der Waals surface area (Å²) in [4.78, 5) is 19.2. The number of nitrogens with zero attached hydrogens (tertiary/aromatic N) is 1. The van der Waals surface area contributed by atoms with Crippen molar-refractivity contribution in [1.29, 1.82) is 0 Å². The Bertz CT molecular complexity index is 434. The van der Waals surface area contributed by atoms with Crippen LogP contribution in [0.25, 0.3) is 0 Å². The fraction of sp³-hybridized carbons (Fsp3) is 0.500. The third-order valence-corrected chi connectivity index (χ3v) is 3.51. The van der Waals surface area contributed by atoms with Crippen LogP contribution in [0.5, 0.6) is 5.75 Å². The molecule has 0 aliphatic carbocycles. The Morgan fingerprint density at radius 2 is 2.21 bits per heavy atom. The van der Waals surface area contributed by atoms with Crippen LogP contribution < -0.4 is 10.6 Å². The van der Waals surface area contributed by atoms with Gasteiger partial charge in [0.25, 0.3) is 5.91 Å². The third kappa shape index (κ3) is 3.05. The fourth-order valence-corrected chi connectivity index (χ4v) is 2.53. The van der Waals surface area contributed by atoms with Crippen LogP contribution in [-0.2, 0) is 4.84 Å². The maximum Gasteiger partial charge on any atom is 0.257 e. The molecule has 0 aromatic heterocycles. The van der Waals surface area contributed by atoms with Gasteiger partial charge in [-0.1, -0.05) is 12.1 Å². The van der Waals surface area contributed by atoms with Gasteiger partial charge in [-0.25, -0.2) is 5.90 Å². The molecule has 1 atom stereocenters. The van der Waals surface area contributed by atoms with Crippen LogP contribution in [0.2, 0.25) is 0 Å². The minimum absolute atomic E-state index is 0.0146. The van der Waals surface area contributed by atoms with Gasteiger partial charge in [-0.2, -0.15) is 0 Å². The molecule has 1 saturated heterocycles. The minimum atomic E-state index is -0.0146. The second kappa shape index (κ2) is 6.54. The van der Waals surface area contributed by atoms with Crippen molar-refractivity contribution in [2.24, 2.45) is 5.90 Å². The first-order valence-electron chi connectivity index (χ1n) is 6.53. The normalized spacial score (nSPS) is 19.3. The smallest absolute Gasteiger partial charge is 0.257 e. The Morgan fingerprint density at radius 1 is 1.42 bits per heavy atom. The molecule has 1 heterocycles. The van der Waals surface area contributed by atoms with Gasteiger partial charge in [0.2, 0.25) is 0 Å². The number of likely N-dealkylation sites (tertiary alicyclic amines) is 1. The summed E-state index contributed by atoms with van der Waals surface area (Å²) in [5.74, 6) is 5.74. The van der Waals surface area contributed by atoms with Crippen molar-refractivity contribution in [3.8, 4) is 5.75 Å². The summed E-state index contributed by atoms with van der Waals surface area (Å²) in [5, 5.41) is 0. The van der Waals surface area contributed by atoms with Gasteiger partial charge in [0.05, 0.1) is 25.3 Å². The van der Waals surface area contributed by atoms with Crippen LogP contribution in [0, 0.1) is 0 Å². The van der Waals surface area contributed by atoms with Gasteiger partial charge in [0, 0.05) is 6.54 Å². The fourth-order valence-electron chi connectivity index (χ4n) is 2.53. The number of hydrogen-bond acceptors (Lipinski definition) is 4. The lowest BCUT2D eigenvalue weighted by Gasteiger charge is -2.35. The van der Waals surface area contributed by atoms with Gasteiger partial charge in [0.15, 0.2) is 0 Å². The molecule has 1 aliphatic heterocycles. The Morgan fingerprint density at radius 3 is 2.95 bits per heavy atom. The number of carbonyl (C=O) groups excluding carboxylic acids is 1. The van der Waals surface area contributed by atoms with Crippen molar-refractivity contribution in [3.63, 3.8) is 0 Å². The lowest BCUT2D eigenvalue weighted by atomic mass is 10.0.